The fourth-order valence-electron chi connectivity index (χ4n) is 2.02. The minimum Gasteiger partial charge on any atom is -0.479 e. The fraction of sp³-hybridized carbons (Fsp3) is 0.462. The maximum absolute atomic E-state index is 10.8. The molecular weight excluding hydrogens is 298 g/mol. The largest absolute Gasteiger partial charge is 0.479 e. The Bertz CT molecular complexity index is 450. The van der Waals surface area contributed by atoms with Crippen LogP contribution < -0.4 is 5.32 Å². The summed E-state index contributed by atoms with van der Waals surface area (Å²) in [5.74, 6) is -0.867. The summed E-state index contributed by atoms with van der Waals surface area (Å²) in [5.41, 5.74) is 2.19. The number of carbonyl (C=O) groups is 1. The molecule has 1 saturated heterocycles. The normalized spacial score (nSPS) is 23.0. The summed E-state index contributed by atoms with van der Waals surface area (Å²) >= 11 is 3.49. The third-order valence-electron chi connectivity index (χ3n) is 3.03. The highest BCUT2D eigenvalue weighted by molar-refractivity contribution is 9.10. The van der Waals surface area contributed by atoms with Crippen LogP contribution >= 0.6 is 15.9 Å². The predicted molar refractivity (Wildman–Crippen MR) is 72.9 cm³/mol. The highest BCUT2D eigenvalue weighted by Crippen LogP contribution is 2.25. The third kappa shape index (κ3) is 3.23. The van der Waals surface area contributed by atoms with Crippen LogP contribution in [0.3, 0.4) is 0 Å². The van der Waals surface area contributed by atoms with Gasteiger partial charge in [-0.15, -0.1) is 0 Å². The molecule has 2 N–H and O–H groups in total. The van der Waals surface area contributed by atoms with Crippen molar-refractivity contribution < 1.29 is 14.6 Å². The molecule has 0 amide bonds. The Balaban J connectivity index is 1.87. The number of benzene rings is 1. The lowest BCUT2D eigenvalue weighted by atomic mass is 10.2. The molecule has 2 unspecified atom stereocenters. The van der Waals surface area contributed by atoms with Crippen LogP contribution in [0.1, 0.15) is 18.4 Å². The average molecular weight is 314 g/mol. The van der Waals surface area contributed by atoms with Crippen LogP contribution in [0, 0.1) is 6.92 Å². The molecule has 2 atom stereocenters. The van der Waals surface area contributed by atoms with Gasteiger partial charge in [-0.1, -0.05) is 6.07 Å². The molecule has 18 heavy (non-hydrogen) atoms. The number of aryl methyl sites for hydroxylation is 1. The highest BCUT2D eigenvalue weighted by atomic mass is 79.9. The summed E-state index contributed by atoms with van der Waals surface area (Å²) in [5, 5.41) is 12.1. The van der Waals surface area contributed by atoms with E-state index in [1.807, 2.05) is 25.1 Å². The Hall–Kier alpha value is -1.07. The zero-order valence-electron chi connectivity index (χ0n) is 10.1. The summed E-state index contributed by atoms with van der Waals surface area (Å²) in [6, 6.07) is 6.07. The minimum absolute atomic E-state index is 0.0284. The van der Waals surface area contributed by atoms with Gasteiger partial charge in [0, 0.05) is 16.7 Å². The van der Waals surface area contributed by atoms with E-state index in [0.717, 1.165) is 16.6 Å². The van der Waals surface area contributed by atoms with Crippen molar-refractivity contribution in [3.8, 4) is 0 Å². The van der Waals surface area contributed by atoms with E-state index in [0.29, 0.717) is 13.0 Å². The maximum Gasteiger partial charge on any atom is 0.332 e. The van der Waals surface area contributed by atoms with Crippen LogP contribution in [-0.4, -0.2) is 29.8 Å². The lowest BCUT2D eigenvalue weighted by Gasteiger charge is -2.14. The quantitative estimate of drug-likeness (QED) is 0.897. The van der Waals surface area contributed by atoms with Gasteiger partial charge in [-0.25, -0.2) is 4.79 Å². The molecule has 98 valence electrons. The number of carboxylic acids is 1. The number of hydrogen-bond donors (Lipinski definition) is 2. The molecule has 1 heterocycles. The molecule has 0 bridgehead atoms. The zero-order valence-corrected chi connectivity index (χ0v) is 11.7. The van der Waals surface area contributed by atoms with E-state index in [1.54, 1.807) is 0 Å². The van der Waals surface area contributed by atoms with E-state index < -0.39 is 12.1 Å². The van der Waals surface area contributed by atoms with Gasteiger partial charge in [-0.05, 0) is 53.4 Å². The van der Waals surface area contributed by atoms with E-state index in [-0.39, 0.29) is 6.10 Å². The molecule has 1 fully saturated rings. The Morgan fingerprint density at radius 2 is 2.33 bits per heavy atom. The van der Waals surface area contributed by atoms with Crippen LogP contribution in [0.4, 0.5) is 5.69 Å². The summed E-state index contributed by atoms with van der Waals surface area (Å²) < 4.78 is 6.44. The number of aliphatic carboxylic acids is 1. The van der Waals surface area contributed by atoms with Crippen LogP contribution in [-0.2, 0) is 9.53 Å². The second kappa shape index (κ2) is 5.71. The Morgan fingerprint density at radius 3 is 2.94 bits per heavy atom. The Morgan fingerprint density at radius 1 is 1.56 bits per heavy atom. The van der Waals surface area contributed by atoms with E-state index in [4.69, 9.17) is 9.84 Å². The molecule has 0 saturated carbocycles. The third-order valence-corrected chi connectivity index (χ3v) is 3.68. The molecule has 4 nitrogen and oxygen atoms in total. The Labute approximate surface area is 114 Å². The van der Waals surface area contributed by atoms with Crippen LogP contribution in [0.25, 0.3) is 0 Å². The van der Waals surface area contributed by atoms with Gasteiger partial charge < -0.3 is 15.2 Å². The number of anilines is 1. The number of ether oxygens (including phenoxy) is 1. The maximum atomic E-state index is 10.8. The van der Waals surface area contributed by atoms with E-state index in [1.165, 1.54) is 5.56 Å². The standard InChI is InChI=1S/C13H16BrNO3/c1-8-2-4-11(10(14)6-8)15-7-9-3-5-12(18-9)13(16)17/h2,4,6,9,12,15H,3,5,7H2,1H3,(H,16,17). The molecular formula is C13H16BrNO3. The summed E-state index contributed by atoms with van der Waals surface area (Å²) in [7, 11) is 0. The molecule has 2 rings (SSSR count). The van der Waals surface area contributed by atoms with Crippen molar-refractivity contribution in [1.82, 2.24) is 0 Å². The van der Waals surface area contributed by atoms with Crippen molar-refractivity contribution in [2.75, 3.05) is 11.9 Å². The first kappa shape index (κ1) is 13.4. The number of carboxylic acid groups (broad SMARTS) is 1. The second-order valence-corrected chi connectivity index (χ2v) is 5.38. The number of halogens is 1. The van der Waals surface area contributed by atoms with Crippen molar-refractivity contribution in [1.29, 1.82) is 0 Å². The van der Waals surface area contributed by atoms with Gasteiger partial charge in [0.1, 0.15) is 0 Å². The summed E-state index contributed by atoms with van der Waals surface area (Å²) in [6.07, 6.45) is 0.710. The summed E-state index contributed by atoms with van der Waals surface area (Å²) in [4.78, 5) is 10.8. The van der Waals surface area contributed by atoms with E-state index in [9.17, 15) is 4.79 Å². The van der Waals surface area contributed by atoms with Gasteiger partial charge in [-0.2, -0.15) is 0 Å². The molecule has 5 heteroatoms. The first-order valence-corrected chi connectivity index (χ1v) is 6.74. The first-order valence-electron chi connectivity index (χ1n) is 5.94. The van der Waals surface area contributed by atoms with E-state index >= 15 is 0 Å². The predicted octanol–water partition coefficient (Wildman–Crippen LogP) is 2.80. The molecule has 1 aliphatic heterocycles. The van der Waals surface area contributed by atoms with Gasteiger partial charge in [0.15, 0.2) is 6.10 Å². The van der Waals surface area contributed by atoms with Crippen molar-refractivity contribution in [2.24, 2.45) is 0 Å². The first-order chi connectivity index (χ1) is 8.56. The molecule has 0 spiro atoms. The lowest BCUT2D eigenvalue weighted by Crippen LogP contribution is -2.24. The van der Waals surface area contributed by atoms with Gasteiger partial charge in [0.2, 0.25) is 0 Å². The van der Waals surface area contributed by atoms with Crippen molar-refractivity contribution in [3.63, 3.8) is 0 Å². The molecule has 0 aromatic heterocycles. The molecule has 0 radical (unpaired) electrons. The van der Waals surface area contributed by atoms with Crippen LogP contribution in [0.5, 0.6) is 0 Å². The smallest absolute Gasteiger partial charge is 0.332 e. The van der Waals surface area contributed by atoms with Gasteiger partial charge in [0.05, 0.1) is 6.10 Å². The number of nitrogens with one attached hydrogen (secondary N) is 1. The average Bonchev–Trinajstić information content (AvgIpc) is 2.76. The van der Waals surface area contributed by atoms with Gasteiger partial charge in [0.25, 0.3) is 0 Å². The minimum atomic E-state index is -0.867. The van der Waals surface area contributed by atoms with Crippen molar-refractivity contribution in [2.45, 2.75) is 32.0 Å². The van der Waals surface area contributed by atoms with Gasteiger partial charge >= 0.3 is 5.97 Å². The van der Waals surface area contributed by atoms with Crippen LogP contribution in [0.15, 0.2) is 22.7 Å². The summed E-state index contributed by atoms with van der Waals surface area (Å²) in [6.45, 7) is 2.66. The second-order valence-electron chi connectivity index (χ2n) is 4.53. The molecule has 1 aromatic carbocycles. The number of rotatable bonds is 4. The van der Waals surface area contributed by atoms with Gasteiger partial charge in [-0.3, -0.25) is 0 Å². The Kier molecular flexibility index (Phi) is 4.24. The highest BCUT2D eigenvalue weighted by Gasteiger charge is 2.30. The molecule has 1 aliphatic rings. The van der Waals surface area contributed by atoms with Crippen molar-refractivity contribution in [3.05, 3.63) is 28.2 Å². The zero-order chi connectivity index (χ0) is 13.1. The topological polar surface area (TPSA) is 58.6 Å². The molecule has 0 aliphatic carbocycles. The fourth-order valence-corrected chi connectivity index (χ4v) is 2.66. The molecule has 1 aromatic rings. The number of hydrogen-bond acceptors (Lipinski definition) is 3. The van der Waals surface area contributed by atoms with E-state index in [2.05, 4.69) is 21.2 Å². The van der Waals surface area contributed by atoms with Crippen molar-refractivity contribution >= 4 is 27.6 Å². The SMILES string of the molecule is Cc1ccc(NCC2CCC(C(=O)O)O2)c(Br)c1. The monoisotopic (exact) mass is 313 g/mol. The van der Waals surface area contributed by atoms with Crippen LogP contribution in [0.2, 0.25) is 0 Å². The lowest BCUT2D eigenvalue weighted by molar-refractivity contribution is -0.149.